The smallest absolute Gasteiger partial charge is 0.332 e. The van der Waals surface area contributed by atoms with E-state index in [9.17, 15) is 4.79 Å². The Bertz CT molecular complexity index is 286. The number of aryl methyl sites for hydroxylation is 1. The molecule has 66 valence electrons. The predicted molar refractivity (Wildman–Crippen MR) is 42.0 cm³/mol. The molecule has 0 aromatic carbocycles. The first-order chi connectivity index (χ1) is 5.61. The van der Waals surface area contributed by atoms with Crippen molar-refractivity contribution in [3.8, 4) is 0 Å². The van der Waals surface area contributed by atoms with Crippen LogP contribution < -0.4 is 0 Å². The summed E-state index contributed by atoms with van der Waals surface area (Å²) in [7, 11) is 0. The van der Waals surface area contributed by atoms with E-state index < -0.39 is 12.1 Å². The first kappa shape index (κ1) is 9.08. The monoisotopic (exact) mass is 188 g/mol. The third-order valence-corrected chi connectivity index (χ3v) is 2.25. The molecule has 1 rings (SSSR count). The fraction of sp³-hybridized carbons (Fsp3) is 0.500. The average Bonchev–Trinajstić information content (AvgIpc) is 2.36. The number of hydrogen-bond donors (Lipinski definition) is 2. The molecule has 0 fully saturated rings. The van der Waals surface area contributed by atoms with Gasteiger partial charge in [-0.3, -0.25) is 0 Å². The van der Waals surface area contributed by atoms with Gasteiger partial charge in [-0.1, -0.05) is 4.49 Å². The molecule has 0 aliphatic heterocycles. The standard InChI is InChI=1S/C6H8N2O3S/c1-3-5(12-8-7-3)2-4(9)6(10)11/h4,9H,2H2,1H3,(H,10,11). The van der Waals surface area contributed by atoms with Gasteiger partial charge in [-0.05, 0) is 18.5 Å². The summed E-state index contributed by atoms with van der Waals surface area (Å²) in [6.07, 6.45) is -1.27. The lowest BCUT2D eigenvalue weighted by Crippen LogP contribution is -2.21. The van der Waals surface area contributed by atoms with Crippen LogP contribution >= 0.6 is 11.5 Å². The van der Waals surface area contributed by atoms with Crippen LogP contribution in [0.5, 0.6) is 0 Å². The van der Waals surface area contributed by atoms with Crippen molar-refractivity contribution in [3.63, 3.8) is 0 Å². The molecule has 0 amide bonds. The Morgan fingerprint density at radius 2 is 2.42 bits per heavy atom. The molecule has 0 radical (unpaired) electrons. The number of aliphatic carboxylic acids is 1. The van der Waals surface area contributed by atoms with Crippen LogP contribution in [-0.4, -0.2) is 31.9 Å². The molecule has 0 aliphatic carbocycles. The van der Waals surface area contributed by atoms with Gasteiger partial charge < -0.3 is 10.2 Å². The molecule has 5 nitrogen and oxygen atoms in total. The first-order valence-electron chi connectivity index (χ1n) is 3.30. The van der Waals surface area contributed by atoms with E-state index in [2.05, 4.69) is 9.59 Å². The number of aromatic nitrogens is 2. The van der Waals surface area contributed by atoms with Gasteiger partial charge in [-0.2, -0.15) is 0 Å². The molecule has 0 spiro atoms. The van der Waals surface area contributed by atoms with Gasteiger partial charge in [0.15, 0.2) is 6.10 Å². The Morgan fingerprint density at radius 3 is 2.83 bits per heavy atom. The highest BCUT2D eigenvalue weighted by Gasteiger charge is 2.16. The Morgan fingerprint density at radius 1 is 1.75 bits per heavy atom. The largest absolute Gasteiger partial charge is 0.479 e. The third kappa shape index (κ3) is 1.99. The zero-order valence-electron chi connectivity index (χ0n) is 6.39. The third-order valence-electron chi connectivity index (χ3n) is 1.41. The van der Waals surface area contributed by atoms with Gasteiger partial charge in [0.05, 0.1) is 10.6 Å². The minimum atomic E-state index is -1.36. The van der Waals surface area contributed by atoms with Crippen LogP contribution in [-0.2, 0) is 11.2 Å². The van der Waals surface area contributed by atoms with Crippen LogP contribution in [0.3, 0.4) is 0 Å². The van der Waals surface area contributed by atoms with Crippen molar-refractivity contribution in [3.05, 3.63) is 10.6 Å². The molecule has 1 unspecified atom stereocenters. The van der Waals surface area contributed by atoms with Gasteiger partial charge in [-0.15, -0.1) is 5.10 Å². The normalized spacial score (nSPS) is 12.8. The molecule has 0 bridgehead atoms. The number of carboxylic acids is 1. The second-order valence-electron chi connectivity index (χ2n) is 2.34. The molecule has 6 heteroatoms. The van der Waals surface area contributed by atoms with Crippen LogP contribution in [0.2, 0.25) is 0 Å². The number of carbonyl (C=O) groups is 1. The van der Waals surface area contributed by atoms with Crippen molar-refractivity contribution in [1.29, 1.82) is 0 Å². The Kier molecular flexibility index (Phi) is 2.72. The maximum atomic E-state index is 10.3. The number of aliphatic hydroxyl groups is 1. The highest BCUT2D eigenvalue weighted by atomic mass is 32.1. The van der Waals surface area contributed by atoms with Crippen molar-refractivity contribution in [2.24, 2.45) is 0 Å². The van der Waals surface area contributed by atoms with Crippen molar-refractivity contribution < 1.29 is 15.0 Å². The van der Waals surface area contributed by atoms with E-state index in [-0.39, 0.29) is 6.42 Å². The molecule has 1 aromatic heterocycles. The molecule has 1 heterocycles. The Labute approximate surface area is 72.8 Å². The second kappa shape index (κ2) is 3.59. The van der Waals surface area contributed by atoms with Crippen molar-refractivity contribution in [2.45, 2.75) is 19.4 Å². The first-order valence-corrected chi connectivity index (χ1v) is 4.07. The second-order valence-corrected chi connectivity index (χ2v) is 3.18. The van der Waals surface area contributed by atoms with Crippen molar-refractivity contribution in [2.75, 3.05) is 0 Å². The van der Waals surface area contributed by atoms with Crippen LogP contribution in [0.25, 0.3) is 0 Å². The zero-order chi connectivity index (χ0) is 9.14. The molecule has 2 N–H and O–H groups in total. The van der Waals surface area contributed by atoms with E-state index in [1.54, 1.807) is 6.92 Å². The molecular formula is C6H8N2O3S. The lowest BCUT2D eigenvalue weighted by molar-refractivity contribution is -0.146. The van der Waals surface area contributed by atoms with Gasteiger partial charge >= 0.3 is 5.97 Å². The summed E-state index contributed by atoms with van der Waals surface area (Å²) in [4.78, 5) is 11.0. The van der Waals surface area contributed by atoms with Crippen LogP contribution in [0, 0.1) is 6.92 Å². The minimum Gasteiger partial charge on any atom is -0.479 e. The molecule has 12 heavy (non-hydrogen) atoms. The number of carboxylic acid groups (broad SMARTS) is 1. The lowest BCUT2D eigenvalue weighted by Gasteiger charge is -2.01. The van der Waals surface area contributed by atoms with Gasteiger partial charge in [0.1, 0.15) is 0 Å². The van der Waals surface area contributed by atoms with Gasteiger partial charge in [0, 0.05) is 6.42 Å². The number of hydrogen-bond acceptors (Lipinski definition) is 5. The maximum Gasteiger partial charge on any atom is 0.332 e. The van der Waals surface area contributed by atoms with E-state index in [0.29, 0.717) is 10.6 Å². The molecule has 1 atom stereocenters. The van der Waals surface area contributed by atoms with Crippen molar-refractivity contribution >= 4 is 17.5 Å². The Hall–Kier alpha value is -1.01. The number of nitrogens with zero attached hydrogens (tertiary/aromatic N) is 2. The van der Waals surface area contributed by atoms with E-state index in [1.165, 1.54) is 0 Å². The summed E-state index contributed by atoms with van der Waals surface area (Å²) in [5, 5.41) is 21.1. The van der Waals surface area contributed by atoms with Crippen LogP contribution in [0.15, 0.2) is 0 Å². The SMILES string of the molecule is Cc1nnsc1CC(O)C(=O)O. The predicted octanol–water partition coefficient (Wildman–Crippen LogP) is -0.165. The van der Waals surface area contributed by atoms with E-state index in [0.717, 1.165) is 11.5 Å². The average molecular weight is 188 g/mol. The number of rotatable bonds is 3. The molecular weight excluding hydrogens is 180 g/mol. The van der Waals surface area contributed by atoms with E-state index >= 15 is 0 Å². The van der Waals surface area contributed by atoms with Crippen LogP contribution in [0.4, 0.5) is 0 Å². The number of aliphatic hydroxyl groups excluding tert-OH is 1. The van der Waals surface area contributed by atoms with Crippen molar-refractivity contribution in [1.82, 2.24) is 9.59 Å². The fourth-order valence-corrected chi connectivity index (χ4v) is 1.37. The highest BCUT2D eigenvalue weighted by Crippen LogP contribution is 2.11. The Balaban J connectivity index is 2.64. The summed E-state index contributed by atoms with van der Waals surface area (Å²) in [5.41, 5.74) is 0.681. The molecule has 0 saturated heterocycles. The van der Waals surface area contributed by atoms with Gasteiger partial charge in [-0.25, -0.2) is 4.79 Å². The van der Waals surface area contributed by atoms with Crippen LogP contribution in [0.1, 0.15) is 10.6 Å². The van der Waals surface area contributed by atoms with Gasteiger partial charge in [0.25, 0.3) is 0 Å². The lowest BCUT2D eigenvalue weighted by atomic mass is 10.2. The maximum absolute atomic E-state index is 10.3. The summed E-state index contributed by atoms with van der Waals surface area (Å²) in [6, 6.07) is 0. The topological polar surface area (TPSA) is 83.3 Å². The van der Waals surface area contributed by atoms with E-state index in [1.807, 2.05) is 0 Å². The molecule has 1 aromatic rings. The summed E-state index contributed by atoms with van der Waals surface area (Å²) >= 11 is 1.11. The minimum absolute atomic E-state index is 0.0822. The fourth-order valence-electron chi connectivity index (χ4n) is 0.701. The quantitative estimate of drug-likeness (QED) is 0.688. The summed E-state index contributed by atoms with van der Waals surface area (Å²) in [6.45, 7) is 1.73. The molecule has 0 saturated carbocycles. The summed E-state index contributed by atoms with van der Waals surface area (Å²) < 4.78 is 3.62. The molecule has 0 aliphatic rings. The highest BCUT2D eigenvalue weighted by molar-refractivity contribution is 7.05. The zero-order valence-corrected chi connectivity index (χ0v) is 7.21. The van der Waals surface area contributed by atoms with Gasteiger partial charge in [0.2, 0.25) is 0 Å². The summed E-state index contributed by atoms with van der Waals surface area (Å²) in [5.74, 6) is -1.22. The van der Waals surface area contributed by atoms with E-state index in [4.69, 9.17) is 10.2 Å².